The van der Waals surface area contributed by atoms with Crippen LogP contribution in [0.5, 0.6) is 11.6 Å². The van der Waals surface area contributed by atoms with Gasteiger partial charge in [0, 0.05) is 12.8 Å². The molecule has 132 valence electrons. The Bertz CT molecular complexity index is 778. The Balaban J connectivity index is 1.92. The molecule has 1 aromatic heterocycles. The third kappa shape index (κ3) is 3.71. The van der Waals surface area contributed by atoms with Crippen LogP contribution in [-0.4, -0.2) is 23.0 Å². The number of ether oxygens (including phenoxy) is 3. The first kappa shape index (κ1) is 17.5. The summed E-state index contributed by atoms with van der Waals surface area (Å²) < 4.78 is 31.0. The summed E-state index contributed by atoms with van der Waals surface area (Å²) >= 11 is 0. The zero-order chi connectivity index (χ0) is 18.0. The summed E-state index contributed by atoms with van der Waals surface area (Å²) in [5.41, 5.74) is 1.94. The molecule has 0 bridgehead atoms. The maximum Gasteiger partial charge on any atom is 0.226 e. The van der Waals surface area contributed by atoms with Gasteiger partial charge in [-0.05, 0) is 43.2 Å². The molecule has 1 N–H and O–H groups in total. The average molecular weight is 345 g/mol. The normalized spacial score (nSPS) is 20.2. The van der Waals surface area contributed by atoms with Gasteiger partial charge in [0.2, 0.25) is 5.88 Å². The van der Waals surface area contributed by atoms with Crippen LogP contribution in [0.1, 0.15) is 42.7 Å². The van der Waals surface area contributed by atoms with E-state index in [1.54, 1.807) is 31.3 Å². The maximum absolute atomic E-state index is 14.3. The van der Waals surface area contributed by atoms with Crippen LogP contribution in [0.25, 0.3) is 6.08 Å². The number of benzene rings is 1. The molecular weight excluding hydrogens is 325 g/mol. The molecule has 0 saturated carbocycles. The Labute approximate surface area is 145 Å². The summed E-state index contributed by atoms with van der Waals surface area (Å²) in [6, 6.07) is 6.11. The molecule has 1 saturated heterocycles. The van der Waals surface area contributed by atoms with Crippen molar-refractivity contribution in [2.45, 2.75) is 32.3 Å². The van der Waals surface area contributed by atoms with E-state index in [0.29, 0.717) is 17.7 Å². The van der Waals surface area contributed by atoms with Gasteiger partial charge in [-0.2, -0.15) is 0 Å². The minimum absolute atomic E-state index is 0.0213. The first-order chi connectivity index (χ1) is 12.0. The highest BCUT2D eigenvalue weighted by Crippen LogP contribution is 2.45. The molecule has 25 heavy (non-hydrogen) atoms. The van der Waals surface area contributed by atoms with E-state index in [1.807, 2.05) is 6.92 Å². The molecule has 1 fully saturated rings. The van der Waals surface area contributed by atoms with E-state index >= 15 is 0 Å². The highest BCUT2D eigenvalue weighted by Gasteiger charge is 2.44. The summed E-state index contributed by atoms with van der Waals surface area (Å²) in [6.07, 6.45) is 1.79. The van der Waals surface area contributed by atoms with Crippen LogP contribution in [0.2, 0.25) is 0 Å². The highest BCUT2D eigenvalue weighted by molar-refractivity contribution is 5.57. The zero-order valence-electron chi connectivity index (χ0n) is 14.1. The molecular formula is C19H20FNO4. The van der Waals surface area contributed by atoms with E-state index in [1.165, 1.54) is 12.1 Å². The van der Waals surface area contributed by atoms with E-state index in [2.05, 4.69) is 11.6 Å². The van der Waals surface area contributed by atoms with Crippen molar-refractivity contribution in [3.05, 3.63) is 59.5 Å². The fraction of sp³-hybridized carbons (Fsp3) is 0.316. The van der Waals surface area contributed by atoms with E-state index in [4.69, 9.17) is 14.2 Å². The Morgan fingerprint density at radius 3 is 2.88 bits per heavy atom. The largest absolute Gasteiger partial charge is 0.436 e. The molecule has 0 amide bonds. The fourth-order valence-corrected chi connectivity index (χ4v) is 2.57. The number of hydrogen-bond acceptors (Lipinski definition) is 5. The van der Waals surface area contributed by atoms with Gasteiger partial charge in [0.05, 0.1) is 11.7 Å². The molecule has 3 unspecified atom stereocenters. The predicted molar refractivity (Wildman–Crippen MR) is 90.7 cm³/mol. The van der Waals surface area contributed by atoms with Crippen molar-refractivity contribution in [1.82, 2.24) is 4.98 Å². The van der Waals surface area contributed by atoms with Gasteiger partial charge in [0.15, 0.2) is 17.9 Å². The summed E-state index contributed by atoms with van der Waals surface area (Å²) in [5, 5.41) is 9.54. The van der Waals surface area contributed by atoms with Crippen LogP contribution in [0.4, 0.5) is 4.39 Å². The van der Waals surface area contributed by atoms with Crippen molar-refractivity contribution in [2.75, 3.05) is 6.61 Å². The SMILES string of the molecule is C=Cc1ccnc(Oc2ccc(C(C)O)cc2F)c1C1OC1OCC. The number of aromatic nitrogens is 1. The average Bonchev–Trinajstić information content (AvgIpc) is 3.35. The summed E-state index contributed by atoms with van der Waals surface area (Å²) in [5.74, 6) is -0.311. The minimum atomic E-state index is -0.756. The molecule has 0 aliphatic carbocycles. The molecule has 2 heterocycles. The lowest BCUT2D eigenvalue weighted by Crippen LogP contribution is -2.02. The Morgan fingerprint density at radius 1 is 1.44 bits per heavy atom. The monoisotopic (exact) mass is 345 g/mol. The second-order valence-electron chi connectivity index (χ2n) is 5.67. The summed E-state index contributed by atoms with van der Waals surface area (Å²) in [6.45, 7) is 7.76. The molecule has 3 atom stereocenters. The summed E-state index contributed by atoms with van der Waals surface area (Å²) in [4.78, 5) is 4.22. The number of halogens is 1. The lowest BCUT2D eigenvalue weighted by atomic mass is 10.1. The number of pyridine rings is 1. The third-order valence-corrected chi connectivity index (χ3v) is 3.92. The molecule has 5 nitrogen and oxygen atoms in total. The lowest BCUT2D eigenvalue weighted by molar-refractivity contribution is 0.0593. The topological polar surface area (TPSA) is 64.1 Å². The van der Waals surface area contributed by atoms with Gasteiger partial charge in [0.1, 0.15) is 6.10 Å². The van der Waals surface area contributed by atoms with Crippen LogP contribution >= 0.6 is 0 Å². The fourth-order valence-electron chi connectivity index (χ4n) is 2.57. The first-order valence-corrected chi connectivity index (χ1v) is 8.09. The number of rotatable bonds is 7. The van der Waals surface area contributed by atoms with Crippen LogP contribution < -0.4 is 4.74 Å². The number of aliphatic hydroxyl groups is 1. The number of nitrogens with zero attached hydrogens (tertiary/aromatic N) is 1. The van der Waals surface area contributed by atoms with Gasteiger partial charge in [-0.25, -0.2) is 9.37 Å². The van der Waals surface area contributed by atoms with Gasteiger partial charge in [-0.1, -0.05) is 18.7 Å². The zero-order valence-corrected chi connectivity index (χ0v) is 14.1. The highest BCUT2D eigenvalue weighted by atomic mass is 19.1. The standard InChI is InChI=1S/C19H20FNO4/c1-4-12-8-9-21-18(16(12)17-19(25-17)23-5-2)24-15-7-6-13(11(3)22)10-14(15)20/h4,6-11,17,19,22H,1,5H2,2-3H3. The van der Waals surface area contributed by atoms with E-state index in [-0.39, 0.29) is 24.0 Å². The van der Waals surface area contributed by atoms with Crippen LogP contribution in [0, 0.1) is 5.82 Å². The van der Waals surface area contributed by atoms with Crippen LogP contribution in [-0.2, 0) is 9.47 Å². The van der Waals surface area contributed by atoms with Gasteiger partial charge >= 0.3 is 0 Å². The molecule has 1 aliphatic rings. The molecule has 2 aromatic rings. The van der Waals surface area contributed by atoms with Gasteiger partial charge < -0.3 is 19.3 Å². The minimum Gasteiger partial charge on any atom is -0.436 e. The third-order valence-electron chi connectivity index (χ3n) is 3.92. The van der Waals surface area contributed by atoms with Gasteiger partial charge in [-0.3, -0.25) is 0 Å². The quantitative estimate of drug-likeness (QED) is 0.764. The molecule has 1 aliphatic heterocycles. The molecule has 3 rings (SSSR count). The van der Waals surface area contributed by atoms with Crippen LogP contribution in [0.15, 0.2) is 37.0 Å². The number of aliphatic hydroxyl groups excluding tert-OH is 1. The molecule has 1 aromatic carbocycles. The lowest BCUT2D eigenvalue weighted by Gasteiger charge is -2.13. The van der Waals surface area contributed by atoms with Crippen molar-refractivity contribution in [1.29, 1.82) is 0 Å². The number of hydrogen-bond donors (Lipinski definition) is 1. The van der Waals surface area contributed by atoms with Crippen molar-refractivity contribution in [3.63, 3.8) is 0 Å². The van der Waals surface area contributed by atoms with Crippen molar-refractivity contribution in [2.24, 2.45) is 0 Å². The second-order valence-corrected chi connectivity index (χ2v) is 5.67. The van der Waals surface area contributed by atoms with Crippen molar-refractivity contribution >= 4 is 6.08 Å². The first-order valence-electron chi connectivity index (χ1n) is 8.09. The Morgan fingerprint density at radius 2 is 2.24 bits per heavy atom. The maximum atomic E-state index is 14.3. The molecule has 6 heteroatoms. The van der Waals surface area contributed by atoms with E-state index < -0.39 is 11.9 Å². The van der Waals surface area contributed by atoms with Gasteiger partial charge in [-0.15, -0.1) is 0 Å². The Hall–Kier alpha value is -2.28. The smallest absolute Gasteiger partial charge is 0.226 e. The predicted octanol–water partition coefficient (Wildman–Crippen LogP) is 4.14. The molecule has 0 spiro atoms. The van der Waals surface area contributed by atoms with E-state index in [9.17, 15) is 9.50 Å². The second kappa shape index (κ2) is 7.31. The van der Waals surface area contributed by atoms with Gasteiger partial charge in [0.25, 0.3) is 0 Å². The van der Waals surface area contributed by atoms with Crippen molar-refractivity contribution < 1.29 is 23.7 Å². The van der Waals surface area contributed by atoms with Crippen molar-refractivity contribution in [3.8, 4) is 11.6 Å². The molecule has 0 radical (unpaired) electrons. The Kier molecular flexibility index (Phi) is 5.13. The summed E-state index contributed by atoms with van der Waals surface area (Å²) in [7, 11) is 0. The van der Waals surface area contributed by atoms with E-state index in [0.717, 1.165) is 5.56 Å². The van der Waals surface area contributed by atoms with Crippen LogP contribution in [0.3, 0.4) is 0 Å². The number of epoxide rings is 1.